The van der Waals surface area contributed by atoms with Crippen LogP contribution in [0.5, 0.6) is 0 Å². The Morgan fingerprint density at radius 3 is 2.52 bits per heavy atom. The summed E-state index contributed by atoms with van der Waals surface area (Å²) >= 11 is 11.9. The van der Waals surface area contributed by atoms with E-state index in [1.54, 1.807) is 30.9 Å². The highest BCUT2D eigenvalue weighted by Crippen LogP contribution is 2.27. The number of rotatable bonds is 3. The van der Waals surface area contributed by atoms with Gasteiger partial charge in [0.15, 0.2) is 0 Å². The number of nitrogens with one attached hydrogen (secondary N) is 1. The highest BCUT2D eigenvalue weighted by atomic mass is 35.5. The van der Waals surface area contributed by atoms with E-state index in [4.69, 9.17) is 23.2 Å². The maximum Gasteiger partial charge on any atom is 0.345 e. The van der Waals surface area contributed by atoms with Crippen LogP contribution in [-0.2, 0) is 22.1 Å². The van der Waals surface area contributed by atoms with Gasteiger partial charge >= 0.3 is 10.2 Å². The van der Waals surface area contributed by atoms with Gasteiger partial charge in [-0.3, -0.25) is 9.48 Å². The lowest BCUT2D eigenvalue weighted by molar-refractivity contribution is -0.113. The standard InChI is InChI=1S/C16H15Cl2N5O3S/c1-9-11(8-22(2)20-9)14-7-15(23(3)27(25,26)21-14)16(24)19-13-5-4-10(17)6-12(13)18/h4-8H,1-3H3,(H,19,24). The van der Waals surface area contributed by atoms with Gasteiger partial charge in [-0.25, -0.2) is 4.31 Å². The van der Waals surface area contributed by atoms with Gasteiger partial charge in [0.1, 0.15) is 5.70 Å². The Kier molecular flexibility index (Phi) is 5.02. The van der Waals surface area contributed by atoms with Crippen LogP contribution in [0.25, 0.3) is 0 Å². The second-order valence-electron chi connectivity index (χ2n) is 5.83. The lowest BCUT2D eigenvalue weighted by Crippen LogP contribution is -2.35. The third-order valence-corrected chi connectivity index (χ3v) is 5.74. The van der Waals surface area contributed by atoms with Crippen LogP contribution in [0.1, 0.15) is 11.3 Å². The van der Waals surface area contributed by atoms with Crippen LogP contribution >= 0.6 is 23.2 Å². The first-order valence-corrected chi connectivity index (χ1v) is 9.81. The molecule has 1 aliphatic rings. The van der Waals surface area contributed by atoms with Crippen molar-refractivity contribution in [2.24, 2.45) is 11.4 Å². The number of amides is 1. The summed E-state index contributed by atoms with van der Waals surface area (Å²) in [4.78, 5) is 12.7. The smallest absolute Gasteiger partial charge is 0.319 e. The fourth-order valence-corrected chi connectivity index (χ4v) is 3.88. The predicted octanol–water partition coefficient (Wildman–Crippen LogP) is 2.54. The number of nitrogens with zero attached hydrogens (tertiary/aromatic N) is 4. The molecule has 0 atom stereocenters. The molecule has 1 aromatic carbocycles. The lowest BCUT2D eigenvalue weighted by Gasteiger charge is -2.23. The monoisotopic (exact) mass is 427 g/mol. The predicted molar refractivity (Wildman–Crippen MR) is 104 cm³/mol. The van der Waals surface area contributed by atoms with Gasteiger partial charge in [-0.1, -0.05) is 23.2 Å². The number of carbonyl (C=O) groups is 1. The molecule has 142 valence electrons. The van der Waals surface area contributed by atoms with Crippen molar-refractivity contribution in [2.75, 3.05) is 12.4 Å². The number of hydrogen-bond acceptors (Lipinski definition) is 4. The van der Waals surface area contributed by atoms with E-state index in [1.165, 1.54) is 25.3 Å². The van der Waals surface area contributed by atoms with Crippen LogP contribution in [0.2, 0.25) is 10.0 Å². The van der Waals surface area contributed by atoms with Crippen LogP contribution in [0, 0.1) is 6.92 Å². The average Bonchev–Trinajstić information content (AvgIpc) is 2.91. The molecule has 0 radical (unpaired) electrons. The number of benzene rings is 1. The van der Waals surface area contributed by atoms with E-state index >= 15 is 0 Å². The molecule has 0 spiro atoms. The largest absolute Gasteiger partial charge is 0.345 e. The number of allylic oxidation sites excluding steroid dienone is 1. The van der Waals surface area contributed by atoms with E-state index in [-0.39, 0.29) is 16.4 Å². The molecule has 3 rings (SSSR count). The number of aromatic nitrogens is 2. The van der Waals surface area contributed by atoms with Crippen LogP contribution in [0.4, 0.5) is 5.69 Å². The van der Waals surface area contributed by atoms with E-state index in [0.717, 1.165) is 4.31 Å². The number of anilines is 1. The molecule has 0 bridgehead atoms. The van der Waals surface area contributed by atoms with Gasteiger partial charge in [0.2, 0.25) is 0 Å². The number of aryl methyl sites for hydroxylation is 2. The van der Waals surface area contributed by atoms with Crippen LogP contribution in [0.3, 0.4) is 0 Å². The van der Waals surface area contributed by atoms with E-state index in [9.17, 15) is 13.2 Å². The topological polar surface area (TPSA) is 96.7 Å². The Morgan fingerprint density at radius 2 is 1.93 bits per heavy atom. The van der Waals surface area contributed by atoms with Crippen molar-refractivity contribution in [3.8, 4) is 0 Å². The molecule has 8 nitrogen and oxygen atoms in total. The summed E-state index contributed by atoms with van der Waals surface area (Å²) in [5, 5.41) is 7.41. The Balaban J connectivity index is 2.00. The van der Waals surface area contributed by atoms with Crippen molar-refractivity contribution in [1.82, 2.24) is 14.1 Å². The lowest BCUT2D eigenvalue weighted by atomic mass is 10.1. The average molecular weight is 428 g/mol. The highest BCUT2D eigenvalue weighted by molar-refractivity contribution is 7.88. The van der Waals surface area contributed by atoms with E-state index in [1.807, 2.05) is 0 Å². The molecule has 1 aromatic heterocycles. The Labute approximate surface area is 166 Å². The summed E-state index contributed by atoms with van der Waals surface area (Å²) in [6, 6.07) is 4.56. The third kappa shape index (κ3) is 3.85. The molecule has 0 saturated carbocycles. The van der Waals surface area contributed by atoms with Crippen molar-refractivity contribution in [3.05, 3.63) is 57.5 Å². The van der Waals surface area contributed by atoms with E-state index in [2.05, 4.69) is 14.8 Å². The van der Waals surface area contributed by atoms with Gasteiger partial charge in [0.25, 0.3) is 5.91 Å². The Bertz CT molecular complexity index is 1110. The van der Waals surface area contributed by atoms with Crippen molar-refractivity contribution in [1.29, 1.82) is 0 Å². The van der Waals surface area contributed by atoms with Gasteiger partial charge in [0.05, 0.1) is 22.1 Å². The van der Waals surface area contributed by atoms with Crippen LogP contribution < -0.4 is 5.32 Å². The fourth-order valence-electron chi connectivity index (χ4n) is 2.52. The molecule has 27 heavy (non-hydrogen) atoms. The summed E-state index contributed by atoms with van der Waals surface area (Å²) in [6.45, 7) is 1.73. The van der Waals surface area contributed by atoms with Gasteiger partial charge < -0.3 is 5.32 Å². The first-order chi connectivity index (χ1) is 12.6. The summed E-state index contributed by atoms with van der Waals surface area (Å²) in [5.41, 5.74) is 1.44. The van der Waals surface area contributed by atoms with E-state index in [0.29, 0.717) is 22.0 Å². The highest BCUT2D eigenvalue weighted by Gasteiger charge is 2.31. The maximum atomic E-state index is 12.7. The summed E-state index contributed by atoms with van der Waals surface area (Å²) in [5.74, 6) is -0.653. The molecule has 11 heteroatoms. The summed E-state index contributed by atoms with van der Waals surface area (Å²) in [6.07, 6.45) is 3.03. The molecule has 1 aliphatic heterocycles. The zero-order chi connectivity index (χ0) is 19.9. The second kappa shape index (κ2) is 6.99. The quantitative estimate of drug-likeness (QED) is 0.813. The van der Waals surface area contributed by atoms with Gasteiger partial charge in [-0.2, -0.15) is 13.5 Å². The summed E-state index contributed by atoms with van der Waals surface area (Å²) < 4.78 is 30.9. The molecule has 1 amide bonds. The Hall–Kier alpha value is -2.36. The van der Waals surface area contributed by atoms with Crippen molar-refractivity contribution in [3.63, 3.8) is 0 Å². The Morgan fingerprint density at radius 1 is 1.22 bits per heavy atom. The molecule has 2 aromatic rings. The van der Waals surface area contributed by atoms with Crippen LogP contribution in [-0.4, -0.2) is 41.2 Å². The fraction of sp³-hybridized carbons (Fsp3) is 0.188. The molecular weight excluding hydrogens is 413 g/mol. The van der Waals surface area contributed by atoms with Gasteiger partial charge in [-0.05, 0) is 31.2 Å². The van der Waals surface area contributed by atoms with Gasteiger partial charge in [-0.15, -0.1) is 4.40 Å². The SMILES string of the molecule is Cc1nn(C)cc1C1=NS(=O)(=O)N(C)C(C(=O)Nc2ccc(Cl)cc2Cl)=C1. The second-order valence-corrected chi connectivity index (χ2v) is 8.30. The zero-order valence-corrected chi connectivity index (χ0v) is 16.9. The molecule has 0 unspecified atom stereocenters. The van der Waals surface area contributed by atoms with Crippen LogP contribution in [0.15, 0.2) is 40.6 Å². The maximum absolute atomic E-state index is 12.7. The number of likely N-dealkylation sites (N-methyl/N-ethyl adjacent to an activating group) is 1. The number of hydrogen-bond donors (Lipinski definition) is 1. The molecule has 1 N–H and O–H groups in total. The zero-order valence-electron chi connectivity index (χ0n) is 14.6. The number of carbonyl (C=O) groups excluding carboxylic acids is 1. The minimum atomic E-state index is -4.07. The molecule has 2 heterocycles. The normalized spacial score (nSPS) is 16.0. The molecular formula is C16H15Cl2N5O3S. The molecule has 0 fully saturated rings. The first kappa shape index (κ1) is 19.4. The minimum absolute atomic E-state index is 0.103. The van der Waals surface area contributed by atoms with E-state index < -0.39 is 16.1 Å². The molecule has 0 saturated heterocycles. The van der Waals surface area contributed by atoms with Gasteiger partial charge in [0, 0.05) is 30.9 Å². The first-order valence-electron chi connectivity index (χ1n) is 7.66. The summed E-state index contributed by atoms with van der Waals surface area (Å²) in [7, 11) is -1.11. The molecule has 0 aliphatic carbocycles. The minimum Gasteiger partial charge on any atom is -0.319 e. The number of halogens is 2. The van der Waals surface area contributed by atoms with Crippen molar-refractivity contribution < 1.29 is 13.2 Å². The van der Waals surface area contributed by atoms with Crippen molar-refractivity contribution >= 4 is 50.7 Å². The third-order valence-electron chi connectivity index (χ3n) is 3.87. The van der Waals surface area contributed by atoms with Crippen molar-refractivity contribution in [2.45, 2.75) is 6.92 Å².